The number of nitrogens with two attached hydrogens (primary N) is 1. The predicted molar refractivity (Wildman–Crippen MR) is 100 cm³/mol. The summed E-state index contributed by atoms with van der Waals surface area (Å²) in [5.74, 6) is -2.08. The third-order valence-corrected chi connectivity index (χ3v) is 6.12. The maximum absolute atomic E-state index is 14.4. The van der Waals surface area contributed by atoms with Gasteiger partial charge in [0, 0.05) is 23.5 Å². The van der Waals surface area contributed by atoms with Crippen molar-refractivity contribution in [3.63, 3.8) is 0 Å². The van der Waals surface area contributed by atoms with Crippen LogP contribution in [-0.4, -0.2) is 29.5 Å². The number of rotatable bonds is 5. The summed E-state index contributed by atoms with van der Waals surface area (Å²) < 4.78 is 39.0. The van der Waals surface area contributed by atoms with E-state index in [2.05, 4.69) is 9.69 Å². The van der Waals surface area contributed by atoms with Crippen LogP contribution in [0.25, 0.3) is 0 Å². The zero-order valence-electron chi connectivity index (χ0n) is 14.0. The highest BCUT2D eigenvalue weighted by Crippen LogP contribution is 2.50. The second kappa shape index (κ2) is 7.45. The number of anilines is 1. The van der Waals surface area contributed by atoms with E-state index in [1.54, 1.807) is 0 Å². The van der Waals surface area contributed by atoms with Crippen molar-refractivity contribution in [1.82, 2.24) is 9.69 Å². The van der Waals surface area contributed by atoms with Crippen molar-refractivity contribution in [2.24, 2.45) is 5.73 Å². The van der Waals surface area contributed by atoms with Crippen molar-refractivity contribution in [1.29, 1.82) is 0 Å². The molecule has 3 N–H and O–H groups in total. The lowest BCUT2D eigenvalue weighted by Gasteiger charge is -2.28. The summed E-state index contributed by atoms with van der Waals surface area (Å²) in [5.41, 5.74) is 5.97. The lowest BCUT2D eigenvalue weighted by atomic mass is 10.1. The summed E-state index contributed by atoms with van der Waals surface area (Å²) in [6, 6.07) is 3.67. The first-order valence-electron chi connectivity index (χ1n) is 8.27. The van der Waals surface area contributed by atoms with Gasteiger partial charge in [-0.15, -0.1) is 11.8 Å². The van der Waals surface area contributed by atoms with Gasteiger partial charge in [0.2, 0.25) is 5.06 Å². The Kier molecular flexibility index (Phi) is 5.02. The number of primary amides is 1. The van der Waals surface area contributed by atoms with Crippen LogP contribution in [0, 0.1) is 11.6 Å². The third-order valence-electron chi connectivity index (χ3n) is 4.37. The third kappa shape index (κ3) is 3.40. The van der Waals surface area contributed by atoms with Gasteiger partial charge < -0.3 is 20.7 Å². The predicted octanol–water partition coefficient (Wildman–Crippen LogP) is 2.74. The minimum Gasteiger partial charge on any atom is -0.477 e. The van der Waals surface area contributed by atoms with E-state index in [1.807, 2.05) is 0 Å². The van der Waals surface area contributed by atoms with Crippen LogP contribution < -0.4 is 20.7 Å². The van der Waals surface area contributed by atoms with Gasteiger partial charge in [0.05, 0.1) is 11.8 Å². The molecule has 0 spiro atoms. The molecule has 27 heavy (non-hydrogen) atoms. The van der Waals surface area contributed by atoms with Gasteiger partial charge in [-0.05, 0) is 25.1 Å². The Morgan fingerprint density at radius 2 is 2.15 bits per heavy atom. The van der Waals surface area contributed by atoms with E-state index in [-0.39, 0.29) is 17.4 Å². The molecule has 1 saturated heterocycles. The number of ether oxygens (including phenoxy) is 1. The molecule has 1 aromatic carbocycles. The van der Waals surface area contributed by atoms with Crippen LogP contribution in [0.4, 0.5) is 14.5 Å². The normalized spacial score (nSPS) is 22.1. The molecular weight excluding hydrogens is 394 g/mol. The molecule has 1 aromatic heterocycles. The van der Waals surface area contributed by atoms with Gasteiger partial charge in [-0.2, -0.15) is 4.37 Å². The maximum Gasteiger partial charge on any atom is 0.265 e. The van der Waals surface area contributed by atoms with E-state index in [0.29, 0.717) is 17.3 Å². The minimum atomic E-state index is -0.825. The molecule has 0 bridgehead atoms. The average molecular weight is 410 g/mol. The lowest BCUT2D eigenvalue weighted by molar-refractivity contribution is -0.114. The standard InChI is InChI=1S/C17H16F2N4O2S2/c18-10-2-1-3-11(19)14(10)16-23(13(8-26-16)15(20)24)12-7-22-27-17(12)25-9-4-5-21-6-9/h1-3,7-9,16,21H,4-6H2,(H2,20,24)/t9?,16-/m0/s1. The van der Waals surface area contributed by atoms with Crippen molar-refractivity contribution >= 4 is 34.9 Å². The van der Waals surface area contributed by atoms with Crippen LogP contribution >= 0.6 is 23.3 Å². The van der Waals surface area contributed by atoms with Crippen LogP contribution in [0.3, 0.4) is 0 Å². The quantitative estimate of drug-likeness (QED) is 0.789. The number of aromatic nitrogens is 1. The van der Waals surface area contributed by atoms with Gasteiger partial charge in [0.15, 0.2) is 0 Å². The van der Waals surface area contributed by atoms with Crippen LogP contribution in [0.15, 0.2) is 35.5 Å². The summed E-state index contributed by atoms with van der Waals surface area (Å²) in [6.07, 6.45) is 2.34. The van der Waals surface area contributed by atoms with Gasteiger partial charge in [-0.25, -0.2) is 8.78 Å². The topological polar surface area (TPSA) is 80.5 Å². The molecule has 4 rings (SSSR count). The zero-order chi connectivity index (χ0) is 19.0. The van der Waals surface area contributed by atoms with Crippen molar-refractivity contribution in [3.8, 4) is 5.06 Å². The van der Waals surface area contributed by atoms with E-state index < -0.39 is 22.9 Å². The van der Waals surface area contributed by atoms with Crippen molar-refractivity contribution in [2.45, 2.75) is 17.9 Å². The molecule has 10 heteroatoms. The molecule has 0 aliphatic carbocycles. The second-order valence-corrected chi connectivity index (χ2v) is 7.81. The molecule has 2 atom stereocenters. The minimum absolute atomic E-state index is 0.0240. The number of carbonyl (C=O) groups excluding carboxylic acids is 1. The number of nitrogens with zero attached hydrogens (tertiary/aromatic N) is 2. The molecule has 0 radical (unpaired) electrons. The highest BCUT2D eigenvalue weighted by Gasteiger charge is 2.38. The van der Waals surface area contributed by atoms with Crippen LogP contribution in [-0.2, 0) is 4.79 Å². The van der Waals surface area contributed by atoms with E-state index in [1.165, 1.54) is 34.7 Å². The van der Waals surface area contributed by atoms with Crippen LogP contribution in [0.2, 0.25) is 0 Å². The van der Waals surface area contributed by atoms with Crippen LogP contribution in [0.5, 0.6) is 5.06 Å². The highest BCUT2D eigenvalue weighted by molar-refractivity contribution is 8.02. The second-order valence-electron chi connectivity index (χ2n) is 6.09. The molecule has 1 unspecified atom stereocenters. The van der Waals surface area contributed by atoms with Gasteiger partial charge >= 0.3 is 0 Å². The van der Waals surface area contributed by atoms with E-state index in [0.717, 1.165) is 36.3 Å². The first kappa shape index (κ1) is 18.2. The summed E-state index contributed by atoms with van der Waals surface area (Å²) in [6.45, 7) is 1.56. The first-order chi connectivity index (χ1) is 13.1. The summed E-state index contributed by atoms with van der Waals surface area (Å²) in [5, 5.41) is 4.38. The monoisotopic (exact) mass is 410 g/mol. The van der Waals surface area contributed by atoms with E-state index >= 15 is 0 Å². The van der Waals surface area contributed by atoms with Gasteiger partial charge in [0.1, 0.15) is 34.5 Å². The number of amides is 1. The van der Waals surface area contributed by atoms with Gasteiger partial charge in [-0.3, -0.25) is 4.79 Å². The number of benzene rings is 1. The number of carbonyl (C=O) groups is 1. The molecular formula is C17H16F2N4O2S2. The molecule has 2 aliphatic rings. The van der Waals surface area contributed by atoms with E-state index in [4.69, 9.17) is 10.5 Å². The number of hydrogen-bond donors (Lipinski definition) is 2. The summed E-state index contributed by atoms with van der Waals surface area (Å²) in [7, 11) is 0. The molecule has 2 aromatic rings. The van der Waals surface area contributed by atoms with Crippen molar-refractivity contribution in [3.05, 3.63) is 52.7 Å². The fraction of sp³-hybridized carbons (Fsp3) is 0.294. The lowest BCUT2D eigenvalue weighted by Crippen LogP contribution is -2.31. The Bertz CT molecular complexity index is 879. The Morgan fingerprint density at radius 1 is 1.37 bits per heavy atom. The Hall–Kier alpha value is -2.17. The molecule has 3 heterocycles. The number of thioether (sulfide) groups is 1. The van der Waals surface area contributed by atoms with Crippen molar-refractivity contribution in [2.75, 3.05) is 18.0 Å². The Balaban J connectivity index is 1.74. The molecule has 6 nitrogen and oxygen atoms in total. The SMILES string of the molecule is NC(=O)C1=CS[C@@H](c2c(F)cccc2F)N1c1cnsc1OC1CCNC1. The zero-order valence-corrected chi connectivity index (χ0v) is 15.7. The fourth-order valence-corrected chi connectivity index (χ4v) is 4.97. The molecule has 1 amide bonds. The highest BCUT2D eigenvalue weighted by atomic mass is 32.2. The molecule has 0 saturated carbocycles. The van der Waals surface area contributed by atoms with E-state index in [9.17, 15) is 13.6 Å². The van der Waals surface area contributed by atoms with Crippen molar-refractivity contribution < 1.29 is 18.3 Å². The average Bonchev–Trinajstić information content (AvgIpc) is 3.35. The van der Waals surface area contributed by atoms with Gasteiger partial charge in [-0.1, -0.05) is 6.07 Å². The smallest absolute Gasteiger partial charge is 0.265 e. The largest absolute Gasteiger partial charge is 0.477 e. The number of halogens is 2. The summed E-state index contributed by atoms with van der Waals surface area (Å²) in [4.78, 5) is 13.4. The van der Waals surface area contributed by atoms with Crippen LogP contribution in [0.1, 0.15) is 17.4 Å². The Morgan fingerprint density at radius 3 is 2.81 bits per heavy atom. The molecule has 1 fully saturated rings. The van der Waals surface area contributed by atoms with Gasteiger partial charge in [0.25, 0.3) is 5.91 Å². The number of nitrogens with one attached hydrogen (secondary N) is 1. The first-order valence-corrected chi connectivity index (χ1v) is 9.98. The molecule has 2 aliphatic heterocycles. The fourth-order valence-electron chi connectivity index (χ4n) is 3.10. The summed E-state index contributed by atoms with van der Waals surface area (Å²) >= 11 is 2.23. The number of hydrogen-bond acceptors (Lipinski definition) is 7. The Labute approximate surface area is 162 Å². The molecule has 142 valence electrons. The maximum atomic E-state index is 14.4.